The van der Waals surface area contributed by atoms with Crippen molar-refractivity contribution in [3.05, 3.63) is 0 Å². The fraction of sp³-hybridized carbons (Fsp3) is 0.714. The molecule has 1 amide bonds. The summed E-state index contributed by atoms with van der Waals surface area (Å²) in [4.78, 5) is 21.2. The summed E-state index contributed by atoms with van der Waals surface area (Å²) in [7, 11) is 0. The number of carbonyl (C=O) groups is 2. The first-order valence-corrected chi connectivity index (χ1v) is 3.96. The molecule has 1 aliphatic heterocycles. The van der Waals surface area contributed by atoms with Gasteiger partial charge in [-0.1, -0.05) is 0 Å². The third-order valence-corrected chi connectivity index (χ3v) is 1.88. The lowest BCUT2D eigenvalue weighted by atomic mass is 9.92. The number of hydrogen-bond acceptors (Lipinski definition) is 4. The lowest BCUT2D eigenvalue weighted by molar-refractivity contribution is -0.242. The molecule has 2 N–H and O–H groups in total. The van der Waals surface area contributed by atoms with Gasteiger partial charge in [-0.05, 0) is 0 Å². The molecule has 0 radical (unpaired) electrons. The Hall–Kier alpha value is -1.31. The van der Waals surface area contributed by atoms with E-state index in [2.05, 4.69) is 4.74 Å². The highest BCUT2D eigenvalue weighted by molar-refractivity contribution is 5.86. The van der Waals surface area contributed by atoms with Gasteiger partial charge in [-0.15, -0.1) is 0 Å². The molecular weight excluding hydrogens is 219 g/mol. The van der Waals surface area contributed by atoms with Crippen LogP contribution in [0.2, 0.25) is 0 Å². The molecule has 0 aromatic heterocycles. The fourth-order valence-corrected chi connectivity index (χ4v) is 1.16. The van der Waals surface area contributed by atoms with Crippen molar-refractivity contribution < 1.29 is 32.6 Å². The lowest BCUT2D eigenvalue weighted by Gasteiger charge is -2.38. The van der Waals surface area contributed by atoms with Crippen LogP contribution in [0, 0.1) is 5.92 Å². The predicted molar refractivity (Wildman–Crippen MR) is 39.2 cm³/mol. The summed E-state index contributed by atoms with van der Waals surface area (Å²) < 4.78 is 40.5. The summed E-state index contributed by atoms with van der Waals surface area (Å²) in [6.45, 7) is 0.988. The van der Waals surface area contributed by atoms with Crippen LogP contribution >= 0.6 is 0 Å². The molecule has 0 aliphatic carbocycles. The van der Waals surface area contributed by atoms with E-state index in [1.165, 1.54) is 0 Å². The van der Waals surface area contributed by atoms with Gasteiger partial charge in [0, 0.05) is 6.92 Å². The zero-order chi connectivity index (χ0) is 11.8. The molecule has 1 fully saturated rings. The molecule has 0 bridgehead atoms. The number of ether oxygens (including phenoxy) is 1. The SMILES string of the molecule is CC(=O)O[C@@H]1NC(=O)[C@H]1C(O)C(F)(F)F. The van der Waals surface area contributed by atoms with E-state index in [-0.39, 0.29) is 0 Å². The van der Waals surface area contributed by atoms with Crippen LogP contribution in [0.1, 0.15) is 6.92 Å². The maximum Gasteiger partial charge on any atom is 0.415 e. The number of carbonyl (C=O) groups excluding carboxylic acids is 2. The Bertz CT molecular complexity index is 290. The summed E-state index contributed by atoms with van der Waals surface area (Å²) in [6.07, 6.45) is -9.15. The van der Waals surface area contributed by atoms with Crippen LogP contribution in [0.3, 0.4) is 0 Å². The van der Waals surface area contributed by atoms with Crippen LogP contribution in [-0.2, 0) is 14.3 Å². The first kappa shape index (κ1) is 11.8. The second-order valence-electron chi connectivity index (χ2n) is 3.05. The molecule has 0 aromatic carbocycles. The second-order valence-corrected chi connectivity index (χ2v) is 3.05. The van der Waals surface area contributed by atoms with Gasteiger partial charge >= 0.3 is 12.1 Å². The quantitative estimate of drug-likeness (QED) is 0.494. The first-order valence-electron chi connectivity index (χ1n) is 3.96. The highest BCUT2D eigenvalue weighted by Gasteiger charge is 2.56. The minimum atomic E-state index is -4.92. The maximum absolute atomic E-state index is 12.0. The molecule has 0 saturated carbocycles. The predicted octanol–water partition coefficient (Wildman–Crippen LogP) is -0.455. The second kappa shape index (κ2) is 3.69. The van der Waals surface area contributed by atoms with Crippen molar-refractivity contribution in [1.29, 1.82) is 0 Å². The van der Waals surface area contributed by atoms with E-state index < -0.39 is 36.3 Å². The zero-order valence-corrected chi connectivity index (χ0v) is 7.54. The minimum Gasteiger partial charge on any atom is -0.441 e. The number of esters is 1. The number of β-lactam (4-membered cyclic amide) rings is 1. The summed E-state index contributed by atoms with van der Waals surface area (Å²) >= 11 is 0. The summed E-state index contributed by atoms with van der Waals surface area (Å²) in [5.74, 6) is -3.61. The maximum atomic E-state index is 12.0. The third kappa shape index (κ3) is 2.38. The van der Waals surface area contributed by atoms with Crippen LogP contribution in [0.15, 0.2) is 0 Å². The molecule has 1 heterocycles. The Labute approximate surface area is 82.2 Å². The number of aliphatic hydroxyl groups is 1. The van der Waals surface area contributed by atoms with Crippen molar-refractivity contribution in [1.82, 2.24) is 5.32 Å². The van der Waals surface area contributed by atoms with Gasteiger partial charge in [0.1, 0.15) is 5.92 Å². The van der Waals surface area contributed by atoms with Crippen LogP contribution < -0.4 is 5.32 Å². The number of hydrogen-bond donors (Lipinski definition) is 2. The average molecular weight is 227 g/mol. The van der Waals surface area contributed by atoms with E-state index in [0.717, 1.165) is 6.92 Å². The number of aliphatic hydroxyl groups excluding tert-OH is 1. The van der Waals surface area contributed by atoms with E-state index in [0.29, 0.717) is 0 Å². The molecule has 0 spiro atoms. The summed E-state index contributed by atoms with van der Waals surface area (Å²) in [5.41, 5.74) is 0. The van der Waals surface area contributed by atoms with Gasteiger partial charge in [0.2, 0.25) is 5.91 Å². The Balaban J connectivity index is 2.67. The molecule has 1 rings (SSSR count). The molecule has 1 aliphatic rings. The standard InChI is InChI=1S/C7H8F3NO4/c1-2(12)15-6-3(5(14)11-6)4(13)7(8,9)10/h3-4,6,13H,1H3,(H,11,14)/t3-,4?,6+/m1/s1. The Morgan fingerprint density at radius 1 is 1.60 bits per heavy atom. The van der Waals surface area contributed by atoms with Gasteiger partial charge in [0.15, 0.2) is 12.3 Å². The highest BCUT2D eigenvalue weighted by atomic mass is 19.4. The van der Waals surface area contributed by atoms with Gasteiger partial charge in [-0.25, -0.2) is 0 Å². The Morgan fingerprint density at radius 2 is 2.13 bits per heavy atom. The van der Waals surface area contributed by atoms with Gasteiger partial charge in [0.05, 0.1) is 0 Å². The van der Waals surface area contributed by atoms with Crippen molar-refractivity contribution in [3.63, 3.8) is 0 Å². The third-order valence-electron chi connectivity index (χ3n) is 1.88. The van der Waals surface area contributed by atoms with Crippen molar-refractivity contribution in [2.75, 3.05) is 0 Å². The van der Waals surface area contributed by atoms with Gasteiger partial charge in [0.25, 0.3) is 0 Å². The lowest BCUT2D eigenvalue weighted by Crippen LogP contribution is -2.66. The minimum absolute atomic E-state index is 0.834. The Morgan fingerprint density at radius 3 is 2.47 bits per heavy atom. The topological polar surface area (TPSA) is 75.6 Å². The van der Waals surface area contributed by atoms with Crippen LogP contribution in [-0.4, -0.2) is 35.5 Å². The number of nitrogens with one attached hydrogen (secondary N) is 1. The normalized spacial score (nSPS) is 27.7. The van der Waals surface area contributed by atoms with Crippen molar-refractivity contribution in [2.45, 2.75) is 25.4 Å². The van der Waals surface area contributed by atoms with E-state index >= 15 is 0 Å². The molecule has 3 atom stereocenters. The largest absolute Gasteiger partial charge is 0.441 e. The van der Waals surface area contributed by atoms with Crippen LogP contribution in [0.25, 0.3) is 0 Å². The van der Waals surface area contributed by atoms with Crippen molar-refractivity contribution >= 4 is 11.9 Å². The smallest absolute Gasteiger partial charge is 0.415 e. The zero-order valence-electron chi connectivity index (χ0n) is 7.54. The number of amides is 1. The van der Waals surface area contributed by atoms with Crippen molar-refractivity contribution in [2.24, 2.45) is 5.92 Å². The summed E-state index contributed by atoms with van der Waals surface area (Å²) in [5, 5.41) is 10.7. The van der Waals surface area contributed by atoms with Crippen molar-refractivity contribution in [3.8, 4) is 0 Å². The molecule has 15 heavy (non-hydrogen) atoms. The average Bonchev–Trinajstić information content (AvgIpc) is 2.00. The molecule has 1 saturated heterocycles. The molecular formula is C7H8F3NO4. The monoisotopic (exact) mass is 227 g/mol. The highest BCUT2D eigenvalue weighted by Crippen LogP contribution is 2.31. The van der Waals surface area contributed by atoms with E-state index in [4.69, 9.17) is 5.11 Å². The van der Waals surface area contributed by atoms with E-state index in [1.54, 1.807) is 0 Å². The van der Waals surface area contributed by atoms with Gasteiger partial charge in [-0.3, -0.25) is 9.59 Å². The summed E-state index contributed by atoms with van der Waals surface area (Å²) in [6, 6.07) is 0. The van der Waals surface area contributed by atoms with Gasteiger partial charge in [-0.2, -0.15) is 13.2 Å². The number of halogens is 3. The molecule has 5 nitrogen and oxygen atoms in total. The number of rotatable bonds is 2. The van der Waals surface area contributed by atoms with Crippen LogP contribution in [0.4, 0.5) is 13.2 Å². The van der Waals surface area contributed by atoms with Crippen LogP contribution in [0.5, 0.6) is 0 Å². The molecule has 1 unspecified atom stereocenters. The fourth-order valence-electron chi connectivity index (χ4n) is 1.16. The molecule has 0 aromatic rings. The molecule has 8 heteroatoms. The van der Waals surface area contributed by atoms with Gasteiger partial charge < -0.3 is 15.2 Å². The molecule has 86 valence electrons. The number of alkyl halides is 3. The van der Waals surface area contributed by atoms with E-state index in [1.807, 2.05) is 5.32 Å². The first-order chi connectivity index (χ1) is 6.73. The Kier molecular flexibility index (Phi) is 2.89. The van der Waals surface area contributed by atoms with E-state index in [9.17, 15) is 22.8 Å².